The van der Waals surface area contributed by atoms with Crippen LogP contribution in [-0.4, -0.2) is 5.54 Å². The summed E-state index contributed by atoms with van der Waals surface area (Å²) in [5.41, 5.74) is 6.61. The van der Waals surface area contributed by atoms with Gasteiger partial charge in [0.1, 0.15) is 6.10 Å². The van der Waals surface area contributed by atoms with Gasteiger partial charge in [0, 0.05) is 5.54 Å². The topological polar surface area (TPSA) is 45.9 Å². The molecule has 0 bridgehead atoms. The predicted molar refractivity (Wildman–Crippen MR) is 84.1 cm³/mol. The third-order valence-electron chi connectivity index (χ3n) is 4.03. The third kappa shape index (κ3) is 3.02. The van der Waals surface area contributed by atoms with Crippen LogP contribution in [0.4, 0.5) is 0 Å². The number of hydrogen-bond donors (Lipinski definition) is 1. The van der Waals surface area contributed by atoms with Gasteiger partial charge in [-0.2, -0.15) is 0 Å². The van der Waals surface area contributed by atoms with Gasteiger partial charge in [0.15, 0.2) is 0 Å². The minimum atomic E-state index is -0.855. The molecular formula is C18H24NO. The number of nitrogens with two attached hydrogens (primary N) is 1. The van der Waals surface area contributed by atoms with Crippen molar-refractivity contribution in [3.05, 3.63) is 48.0 Å². The molecule has 2 N–H and O–H groups in total. The van der Waals surface area contributed by atoms with Gasteiger partial charge in [-0.1, -0.05) is 63.1 Å². The largest absolute Gasteiger partial charge is 0.323 e. The molecule has 2 heteroatoms. The van der Waals surface area contributed by atoms with E-state index >= 15 is 0 Å². The zero-order valence-electron chi connectivity index (χ0n) is 12.4. The Morgan fingerprint density at radius 3 is 2.20 bits per heavy atom. The van der Waals surface area contributed by atoms with Crippen LogP contribution in [0.15, 0.2) is 42.5 Å². The third-order valence-corrected chi connectivity index (χ3v) is 4.03. The normalized spacial score (nSPS) is 13.6. The molecule has 0 aliphatic carbocycles. The van der Waals surface area contributed by atoms with Crippen molar-refractivity contribution < 1.29 is 5.11 Å². The van der Waals surface area contributed by atoms with E-state index in [1.165, 1.54) is 0 Å². The maximum Gasteiger partial charge on any atom is 0.136 e. The van der Waals surface area contributed by atoms with Crippen LogP contribution in [0.5, 0.6) is 0 Å². The van der Waals surface area contributed by atoms with Gasteiger partial charge in [-0.25, -0.2) is 5.11 Å². The van der Waals surface area contributed by atoms with Gasteiger partial charge in [0.25, 0.3) is 0 Å². The first-order valence-corrected chi connectivity index (χ1v) is 7.54. The molecule has 1 radical (unpaired) electrons. The van der Waals surface area contributed by atoms with Crippen molar-refractivity contribution in [2.24, 2.45) is 5.73 Å². The van der Waals surface area contributed by atoms with Gasteiger partial charge in [-0.15, -0.1) is 0 Å². The first-order valence-electron chi connectivity index (χ1n) is 7.54. The number of fused-ring (bicyclic) bond motifs is 1. The average Bonchev–Trinajstić information content (AvgIpc) is 2.46. The summed E-state index contributed by atoms with van der Waals surface area (Å²) in [6.07, 6.45) is 2.60. The lowest BCUT2D eigenvalue weighted by atomic mass is 9.81. The van der Waals surface area contributed by atoms with Gasteiger partial charge in [-0.3, -0.25) is 0 Å². The zero-order chi connectivity index (χ0) is 14.6. The summed E-state index contributed by atoms with van der Waals surface area (Å²) in [7, 11) is 0. The quantitative estimate of drug-likeness (QED) is 0.818. The second kappa shape index (κ2) is 6.38. The van der Waals surface area contributed by atoms with Gasteiger partial charge in [0.2, 0.25) is 0 Å². The highest BCUT2D eigenvalue weighted by Gasteiger charge is 2.34. The molecule has 0 heterocycles. The standard InChI is InChI=1S/C18H24NO/c1-3-11-18(19,12-4-2)17(20)16-10-9-14-7-5-6-8-15(14)13-16/h5-10,13,17H,3-4,11-12,19H2,1-2H3. The summed E-state index contributed by atoms with van der Waals surface area (Å²) in [5.74, 6) is 0. The lowest BCUT2D eigenvalue weighted by Gasteiger charge is -2.33. The van der Waals surface area contributed by atoms with Crippen molar-refractivity contribution in [2.45, 2.75) is 51.2 Å². The molecule has 0 aliphatic heterocycles. The van der Waals surface area contributed by atoms with Crippen LogP contribution in [0.2, 0.25) is 0 Å². The Morgan fingerprint density at radius 2 is 1.60 bits per heavy atom. The monoisotopic (exact) mass is 270 g/mol. The van der Waals surface area contributed by atoms with Crippen LogP contribution in [0, 0.1) is 0 Å². The van der Waals surface area contributed by atoms with Crippen molar-refractivity contribution >= 4 is 10.8 Å². The summed E-state index contributed by atoms with van der Waals surface area (Å²) < 4.78 is 0. The minimum absolute atomic E-state index is 0.633. The molecule has 2 aromatic carbocycles. The molecule has 2 aromatic rings. The highest BCUT2D eigenvalue weighted by molar-refractivity contribution is 5.83. The van der Waals surface area contributed by atoms with Crippen LogP contribution >= 0.6 is 0 Å². The van der Waals surface area contributed by atoms with Gasteiger partial charge >= 0.3 is 0 Å². The summed E-state index contributed by atoms with van der Waals surface area (Å²) in [4.78, 5) is 0. The van der Waals surface area contributed by atoms with Crippen molar-refractivity contribution in [3.8, 4) is 0 Å². The highest BCUT2D eigenvalue weighted by Crippen LogP contribution is 2.33. The van der Waals surface area contributed by atoms with Crippen LogP contribution in [0.3, 0.4) is 0 Å². The maximum atomic E-state index is 12.8. The van der Waals surface area contributed by atoms with Crippen LogP contribution < -0.4 is 5.73 Å². The molecule has 0 saturated heterocycles. The van der Waals surface area contributed by atoms with Gasteiger partial charge < -0.3 is 5.73 Å². The smallest absolute Gasteiger partial charge is 0.136 e. The Balaban J connectivity index is 2.35. The predicted octanol–water partition coefficient (Wildman–Crippen LogP) is 4.61. The molecule has 0 aromatic heterocycles. The second-order valence-corrected chi connectivity index (χ2v) is 5.72. The van der Waals surface area contributed by atoms with Crippen molar-refractivity contribution in [2.75, 3.05) is 0 Å². The van der Waals surface area contributed by atoms with E-state index in [2.05, 4.69) is 19.9 Å². The fourth-order valence-corrected chi connectivity index (χ4v) is 3.02. The molecule has 0 saturated carbocycles. The second-order valence-electron chi connectivity index (χ2n) is 5.72. The van der Waals surface area contributed by atoms with E-state index in [1.54, 1.807) is 0 Å². The molecule has 1 atom stereocenters. The minimum Gasteiger partial charge on any atom is -0.323 e. The molecule has 0 fully saturated rings. The van der Waals surface area contributed by atoms with E-state index in [4.69, 9.17) is 5.73 Å². The lowest BCUT2D eigenvalue weighted by molar-refractivity contribution is 0.00846. The van der Waals surface area contributed by atoms with Crippen molar-refractivity contribution in [1.82, 2.24) is 0 Å². The summed E-state index contributed by atoms with van der Waals surface area (Å²) in [5, 5.41) is 15.1. The average molecular weight is 270 g/mol. The van der Waals surface area contributed by atoms with E-state index in [0.29, 0.717) is 0 Å². The first-order chi connectivity index (χ1) is 9.60. The van der Waals surface area contributed by atoms with Crippen molar-refractivity contribution in [1.29, 1.82) is 0 Å². The molecule has 1 unspecified atom stereocenters. The number of rotatable bonds is 6. The summed E-state index contributed by atoms with van der Waals surface area (Å²) >= 11 is 0. The molecular weight excluding hydrogens is 246 g/mol. The fraction of sp³-hybridized carbons (Fsp3) is 0.444. The van der Waals surface area contributed by atoms with Crippen LogP contribution in [-0.2, 0) is 5.11 Å². The van der Waals surface area contributed by atoms with E-state index in [-0.39, 0.29) is 0 Å². The van der Waals surface area contributed by atoms with Crippen LogP contribution in [0.1, 0.15) is 51.2 Å². The molecule has 0 amide bonds. The maximum absolute atomic E-state index is 12.8. The Hall–Kier alpha value is -1.38. The van der Waals surface area contributed by atoms with Gasteiger partial charge in [-0.05, 0) is 35.2 Å². The summed E-state index contributed by atoms with van der Waals surface area (Å²) in [6, 6.07) is 14.1. The molecule has 107 valence electrons. The van der Waals surface area contributed by atoms with E-state index in [9.17, 15) is 5.11 Å². The highest BCUT2D eigenvalue weighted by atomic mass is 16.3. The molecule has 0 aliphatic rings. The lowest BCUT2D eigenvalue weighted by Crippen LogP contribution is -2.45. The van der Waals surface area contributed by atoms with Crippen molar-refractivity contribution in [3.63, 3.8) is 0 Å². The SMILES string of the molecule is CCCC(N)(CCC)C([O])c1ccc2ccccc2c1. The molecule has 20 heavy (non-hydrogen) atoms. The zero-order valence-corrected chi connectivity index (χ0v) is 12.4. The Morgan fingerprint density at radius 1 is 1.00 bits per heavy atom. The number of benzene rings is 2. The Kier molecular flexibility index (Phi) is 4.79. The van der Waals surface area contributed by atoms with Crippen LogP contribution in [0.25, 0.3) is 10.8 Å². The van der Waals surface area contributed by atoms with E-state index < -0.39 is 11.6 Å². The van der Waals surface area contributed by atoms with E-state index in [0.717, 1.165) is 42.0 Å². The molecule has 2 nitrogen and oxygen atoms in total. The Labute approximate surface area is 121 Å². The first kappa shape index (κ1) is 15.0. The fourth-order valence-electron chi connectivity index (χ4n) is 3.02. The number of hydrogen-bond acceptors (Lipinski definition) is 1. The summed E-state index contributed by atoms with van der Waals surface area (Å²) in [6.45, 7) is 4.18. The molecule has 2 rings (SSSR count). The van der Waals surface area contributed by atoms with E-state index in [1.807, 2.05) is 36.4 Å². The molecule has 0 spiro atoms. The van der Waals surface area contributed by atoms with Gasteiger partial charge in [0.05, 0.1) is 0 Å². The Bertz CT molecular complexity index is 558.